The fourth-order valence-corrected chi connectivity index (χ4v) is 3.16. The van der Waals surface area contributed by atoms with Crippen LogP contribution in [0.25, 0.3) is 0 Å². The lowest BCUT2D eigenvalue weighted by molar-refractivity contribution is -0.0943. The summed E-state index contributed by atoms with van der Waals surface area (Å²) in [6.45, 7) is 4.41. The van der Waals surface area contributed by atoms with Gasteiger partial charge in [0.05, 0.1) is 5.56 Å². The number of nitrogens with zero attached hydrogens (tertiary/aromatic N) is 2. The Morgan fingerprint density at radius 2 is 1.83 bits per heavy atom. The van der Waals surface area contributed by atoms with E-state index in [1.54, 1.807) is 7.05 Å². The molecule has 0 spiro atoms. The summed E-state index contributed by atoms with van der Waals surface area (Å²) < 4.78 is 14.0. The monoisotopic (exact) mass is 330 g/mol. The van der Waals surface area contributed by atoms with Crippen molar-refractivity contribution in [3.05, 3.63) is 61.8 Å². The Balaban J connectivity index is 2.22. The van der Waals surface area contributed by atoms with Gasteiger partial charge in [0.1, 0.15) is 0 Å². The van der Waals surface area contributed by atoms with Crippen LogP contribution in [0.15, 0.2) is 33.9 Å². The van der Waals surface area contributed by atoms with Crippen LogP contribution in [0, 0.1) is 6.92 Å². The van der Waals surface area contributed by atoms with Crippen molar-refractivity contribution in [3.63, 3.8) is 0 Å². The van der Waals surface area contributed by atoms with Gasteiger partial charge in [-0.25, -0.2) is 4.79 Å². The fourth-order valence-electron chi connectivity index (χ4n) is 3.16. The van der Waals surface area contributed by atoms with E-state index in [1.165, 1.54) is 11.6 Å². The van der Waals surface area contributed by atoms with Gasteiger partial charge in [-0.3, -0.25) is 13.9 Å². The quantitative estimate of drug-likeness (QED) is 0.859. The summed E-state index contributed by atoms with van der Waals surface area (Å²) in [4.78, 5) is 24.9. The van der Waals surface area contributed by atoms with Crippen LogP contribution in [0.4, 0.5) is 0 Å². The molecular weight excluding hydrogens is 308 g/mol. The summed E-state index contributed by atoms with van der Waals surface area (Å²) in [5.74, 6) is 0.134. The second kappa shape index (κ2) is 6.28. The molecule has 0 N–H and O–H groups in total. The first kappa shape index (κ1) is 16.5. The molecule has 128 valence electrons. The number of hydrogen-bond donors (Lipinski definition) is 0. The van der Waals surface area contributed by atoms with Crippen LogP contribution in [0.3, 0.4) is 0 Å². The lowest BCUT2D eigenvalue weighted by Crippen LogP contribution is -2.44. The molecule has 1 aliphatic heterocycles. The van der Waals surface area contributed by atoms with Crippen LogP contribution in [0.5, 0.6) is 5.88 Å². The molecule has 6 heteroatoms. The number of hydrogen-bond acceptors (Lipinski definition) is 4. The van der Waals surface area contributed by atoms with Gasteiger partial charge in [-0.15, -0.1) is 0 Å². The maximum Gasteiger partial charge on any atom is 0.333 e. The first-order valence-electron chi connectivity index (χ1n) is 8.08. The number of ether oxygens (including phenoxy) is 2. The average molecular weight is 330 g/mol. The molecule has 1 aromatic heterocycles. The van der Waals surface area contributed by atoms with Gasteiger partial charge in [-0.1, -0.05) is 29.8 Å². The van der Waals surface area contributed by atoms with Crippen molar-refractivity contribution < 1.29 is 9.47 Å². The molecule has 0 fully saturated rings. The Kier molecular flexibility index (Phi) is 4.32. The van der Waals surface area contributed by atoms with E-state index in [2.05, 4.69) is 0 Å². The minimum Gasteiger partial charge on any atom is -0.449 e. The van der Waals surface area contributed by atoms with E-state index in [-0.39, 0.29) is 11.5 Å². The Bertz CT molecular complexity index is 864. The molecule has 1 aromatic carbocycles. The highest BCUT2D eigenvalue weighted by Crippen LogP contribution is 2.37. The third-order valence-corrected chi connectivity index (χ3v) is 4.50. The highest BCUT2D eigenvalue weighted by Gasteiger charge is 2.35. The van der Waals surface area contributed by atoms with Gasteiger partial charge in [0.15, 0.2) is 0 Å². The Morgan fingerprint density at radius 1 is 1.17 bits per heavy atom. The lowest BCUT2D eigenvalue weighted by atomic mass is 9.87. The van der Waals surface area contributed by atoms with Gasteiger partial charge >= 0.3 is 5.69 Å². The second-order valence-corrected chi connectivity index (χ2v) is 6.13. The summed E-state index contributed by atoms with van der Waals surface area (Å²) in [5.41, 5.74) is 1.97. The van der Waals surface area contributed by atoms with E-state index >= 15 is 0 Å². The van der Waals surface area contributed by atoms with Crippen molar-refractivity contribution in [3.8, 4) is 5.88 Å². The van der Waals surface area contributed by atoms with Crippen LogP contribution in [-0.4, -0.2) is 22.0 Å². The first-order valence-corrected chi connectivity index (χ1v) is 8.08. The number of benzene rings is 1. The highest BCUT2D eigenvalue weighted by atomic mass is 16.7. The van der Waals surface area contributed by atoms with Crippen molar-refractivity contribution >= 4 is 0 Å². The predicted octanol–water partition coefficient (Wildman–Crippen LogP) is 1.67. The zero-order valence-electron chi connectivity index (χ0n) is 14.4. The van der Waals surface area contributed by atoms with E-state index in [0.717, 1.165) is 15.7 Å². The van der Waals surface area contributed by atoms with Crippen LogP contribution in [0.1, 0.15) is 36.0 Å². The van der Waals surface area contributed by atoms with E-state index in [1.807, 2.05) is 38.1 Å². The molecule has 1 aliphatic rings. The molecule has 0 radical (unpaired) electrons. The van der Waals surface area contributed by atoms with Crippen molar-refractivity contribution in [2.75, 3.05) is 6.61 Å². The third kappa shape index (κ3) is 2.67. The highest BCUT2D eigenvalue weighted by molar-refractivity contribution is 5.40. The Morgan fingerprint density at radius 3 is 2.46 bits per heavy atom. The molecule has 0 unspecified atom stereocenters. The molecule has 0 amide bonds. The van der Waals surface area contributed by atoms with Crippen LogP contribution < -0.4 is 16.0 Å². The normalized spacial score (nSPS) is 19.7. The molecule has 24 heavy (non-hydrogen) atoms. The Hall–Kier alpha value is -2.34. The second-order valence-electron chi connectivity index (χ2n) is 6.13. The van der Waals surface area contributed by atoms with Crippen molar-refractivity contribution in [2.24, 2.45) is 14.1 Å². The summed E-state index contributed by atoms with van der Waals surface area (Å²) >= 11 is 0. The smallest absolute Gasteiger partial charge is 0.333 e. The van der Waals surface area contributed by atoms with Crippen molar-refractivity contribution in [1.82, 2.24) is 9.13 Å². The zero-order chi connectivity index (χ0) is 17.4. The number of fused-ring (bicyclic) bond motifs is 1. The van der Waals surface area contributed by atoms with Gasteiger partial charge in [0.2, 0.25) is 12.2 Å². The fraction of sp³-hybridized carbons (Fsp3) is 0.444. The average Bonchev–Trinajstić information content (AvgIpc) is 2.58. The van der Waals surface area contributed by atoms with Crippen LogP contribution in [-0.2, 0) is 18.8 Å². The molecule has 0 bridgehead atoms. The minimum absolute atomic E-state index is 0.170. The summed E-state index contributed by atoms with van der Waals surface area (Å²) in [6.07, 6.45) is 0.0589. The largest absolute Gasteiger partial charge is 0.449 e. The molecule has 6 nitrogen and oxygen atoms in total. The first-order chi connectivity index (χ1) is 11.4. The summed E-state index contributed by atoms with van der Waals surface area (Å²) in [6, 6.07) is 8.07. The minimum atomic E-state index is -0.480. The molecule has 0 saturated heterocycles. The van der Waals surface area contributed by atoms with Gasteiger partial charge in [0, 0.05) is 33.0 Å². The van der Waals surface area contributed by atoms with Crippen LogP contribution >= 0.6 is 0 Å². The van der Waals surface area contributed by atoms with E-state index in [4.69, 9.17) is 9.47 Å². The molecule has 2 heterocycles. The Labute approximate surface area is 140 Å². The van der Waals surface area contributed by atoms with E-state index in [9.17, 15) is 9.59 Å². The maximum atomic E-state index is 12.7. The van der Waals surface area contributed by atoms with Crippen LogP contribution in [0.2, 0.25) is 0 Å². The predicted molar refractivity (Wildman–Crippen MR) is 90.6 cm³/mol. The molecule has 2 atom stereocenters. The topological polar surface area (TPSA) is 62.5 Å². The zero-order valence-corrected chi connectivity index (χ0v) is 14.4. The van der Waals surface area contributed by atoms with Gasteiger partial charge in [-0.05, 0) is 19.4 Å². The van der Waals surface area contributed by atoms with Gasteiger partial charge < -0.3 is 9.47 Å². The van der Waals surface area contributed by atoms with Crippen molar-refractivity contribution in [1.29, 1.82) is 0 Å². The third-order valence-electron chi connectivity index (χ3n) is 4.50. The maximum absolute atomic E-state index is 12.7. The number of rotatable bonds is 3. The summed E-state index contributed by atoms with van der Waals surface area (Å²) in [7, 11) is 3.10. The lowest BCUT2D eigenvalue weighted by Gasteiger charge is -2.32. The molecule has 2 aromatic rings. The van der Waals surface area contributed by atoms with Gasteiger partial charge in [0.25, 0.3) is 5.56 Å². The molecule has 0 aliphatic carbocycles. The number of aryl methyl sites for hydroxylation is 1. The standard InChI is InChI=1S/C18H22N2O4/c1-5-23-14-10-13(12-8-6-11(2)7-9-12)15-16(21)19(3)18(22)20(4)17(15)24-14/h6-9,13-14H,5,10H2,1-4H3/t13-,14+/m1/s1. The number of aromatic nitrogens is 2. The summed E-state index contributed by atoms with van der Waals surface area (Å²) in [5, 5.41) is 0. The van der Waals surface area contributed by atoms with Gasteiger partial charge in [-0.2, -0.15) is 0 Å². The SMILES string of the molecule is CCO[C@@H]1C[C@H](c2ccc(C)cc2)c2c(n(C)c(=O)n(C)c2=O)O1. The molecular formula is C18H22N2O4. The van der Waals surface area contributed by atoms with Crippen molar-refractivity contribution in [2.45, 2.75) is 32.5 Å². The van der Waals surface area contributed by atoms with E-state index in [0.29, 0.717) is 24.5 Å². The molecule has 0 saturated carbocycles. The molecule has 3 rings (SSSR count). The van der Waals surface area contributed by atoms with E-state index < -0.39 is 12.0 Å².